The predicted molar refractivity (Wildman–Crippen MR) is 147 cm³/mol. The molecule has 216 valence electrons. The zero-order chi connectivity index (χ0) is 28.2. The third-order valence-electron chi connectivity index (χ3n) is 8.71. The molecule has 3 aliphatic rings. The first kappa shape index (κ1) is 29.4. The van der Waals surface area contributed by atoms with Crippen LogP contribution in [0.25, 0.3) is 0 Å². The third-order valence-corrected chi connectivity index (χ3v) is 8.71. The second-order valence-corrected chi connectivity index (χ2v) is 11.8. The van der Waals surface area contributed by atoms with E-state index < -0.39 is 11.9 Å². The van der Waals surface area contributed by atoms with E-state index in [9.17, 15) is 13.2 Å². The van der Waals surface area contributed by atoms with Gasteiger partial charge in [-0.25, -0.2) is 15.0 Å². The minimum atomic E-state index is -4.32. The Hall–Kier alpha value is -2.58. The van der Waals surface area contributed by atoms with E-state index in [0.717, 1.165) is 24.5 Å². The highest BCUT2D eigenvalue weighted by molar-refractivity contribution is 5.10. The maximum absolute atomic E-state index is 12.5. The number of nitrogens with zero attached hydrogens (tertiary/aromatic N) is 6. The summed E-state index contributed by atoms with van der Waals surface area (Å²) in [6, 6.07) is 0. The fourth-order valence-electron chi connectivity index (χ4n) is 5.91. The van der Waals surface area contributed by atoms with Crippen LogP contribution in [0.5, 0.6) is 0 Å². The fourth-order valence-corrected chi connectivity index (χ4v) is 5.91. The van der Waals surface area contributed by atoms with Crippen molar-refractivity contribution in [2.75, 3.05) is 0 Å². The maximum Gasteiger partial charge on any atom is 0.434 e. The molecule has 6 rings (SSSR count). The average molecular weight is 547 g/mol. The summed E-state index contributed by atoms with van der Waals surface area (Å²) < 4.78 is 43.6. The third kappa shape index (κ3) is 7.54. The summed E-state index contributed by atoms with van der Waals surface area (Å²) in [5, 5.41) is 0. The lowest BCUT2D eigenvalue weighted by Crippen LogP contribution is -2.22. The lowest BCUT2D eigenvalue weighted by Gasteiger charge is -2.25. The van der Waals surface area contributed by atoms with Crippen LogP contribution in [0.3, 0.4) is 0 Å². The smallest absolute Gasteiger partial charge is 0.335 e. The van der Waals surface area contributed by atoms with Crippen molar-refractivity contribution in [2.24, 2.45) is 23.7 Å². The summed E-state index contributed by atoms with van der Waals surface area (Å²) in [6.45, 7) is 13.8. The minimum Gasteiger partial charge on any atom is -0.335 e. The first-order valence-corrected chi connectivity index (χ1v) is 14.7. The number of aryl methyl sites for hydroxylation is 4. The van der Waals surface area contributed by atoms with Crippen LogP contribution in [0.4, 0.5) is 13.2 Å². The fraction of sp³-hybridized carbons (Fsp3) is 0.700. The summed E-state index contributed by atoms with van der Waals surface area (Å²) in [5.41, 5.74) is 0.411. The predicted octanol–water partition coefficient (Wildman–Crippen LogP) is 7.14. The van der Waals surface area contributed by atoms with Gasteiger partial charge in [0.25, 0.3) is 0 Å². The van der Waals surface area contributed by atoms with Gasteiger partial charge in [-0.15, -0.1) is 0 Å². The number of hydrogen-bond acceptors (Lipinski definition) is 3. The zero-order valence-electron chi connectivity index (χ0n) is 24.2. The molecule has 3 aromatic rings. The average Bonchev–Trinajstić information content (AvgIpc) is 3.64. The van der Waals surface area contributed by atoms with Crippen molar-refractivity contribution in [2.45, 2.75) is 112 Å². The van der Waals surface area contributed by atoms with Gasteiger partial charge in [-0.1, -0.05) is 40.5 Å². The Labute approximate surface area is 231 Å². The van der Waals surface area contributed by atoms with Crippen molar-refractivity contribution in [1.82, 2.24) is 28.7 Å². The standard InChI is InChI=1S/C11H15F3N2.C10H16N2.C9H14N2/c1-7(2)8-3-4-16-6-9(11(12,13)14)15-10(16)5-8;1-3-9-4-5-12-7-8(2)11-10(12)6-9;1-2-8-3-5-11-6-4-10-9(11)7-8/h6-8H,3-5H2,1-2H3;7,9H,3-6H2,1-2H3;4,6,8H,2-3,5,7H2,1H3. The number of aromatic nitrogens is 6. The van der Waals surface area contributed by atoms with Crippen LogP contribution in [0, 0.1) is 30.6 Å². The Morgan fingerprint density at radius 3 is 2.05 bits per heavy atom. The molecule has 0 amide bonds. The Morgan fingerprint density at radius 2 is 1.41 bits per heavy atom. The van der Waals surface area contributed by atoms with Gasteiger partial charge >= 0.3 is 6.18 Å². The van der Waals surface area contributed by atoms with E-state index in [1.807, 2.05) is 6.20 Å². The zero-order valence-corrected chi connectivity index (χ0v) is 24.2. The number of hydrogen-bond donors (Lipinski definition) is 0. The first-order chi connectivity index (χ1) is 18.6. The van der Waals surface area contributed by atoms with Gasteiger partial charge in [0.15, 0.2) is 5.69 Å². The van der Waals surface area contributed by atoms with Gasteiger partial charge in [-0.2, -0.15) is 13.2 Å². The van der Waals surface area contributed by atoms with Crippen LogP contribution in [0.15, 0.2) is 24.8 Å². The normalized spacial score (nSPS) is 22.1. The van der Waals surface area contributed by atoms with E-state index in [4.69, 9.17) is 0 Å². The summed E-state index contributed by atoms with van der Waals surface area (Å²) in [4.78, 5) is 12.5. The van der Waals surface area contributed by atoms with E-state index in [0.29, 0.717) is 30.6 Å². The van der Waals surface area contributed by atoms with E-state index in [1.54, 1.807) is 4.57 Å². The second-order valence-electron chi connectivity index (χ2n) is 11.8. The van der Waals surface area contributed by atoms with E-state index in [1.165, 1.54) is 69.0 Å². The van der Waals surface area contributed by atoms with Crippen molar-refractivity contribution in [1.29, 1.82) is 0 Å². The Bertz CT molecular complexity index is 1190. The molecule has 0 spiro atoms. The van der Waals surface area contributed by atoms with Crippen molar-refractivity contribution in [3.63, 3.8) is 0 Å². The van der Waals surface area contributed by atoms with E-state index >= 15 is 0 Å². The lowest BCUT2D eigenvalue weighted by molar-refractivity contribution is -0.141. The molecule has 3 unspecified atom stereocenters. The van der Waals surface area contributed by atoms with Gasteiger partial charge in [-0.05, 0) is 49.9 Å². The Balaban J connectivity index is 0.000000139. The molecule has 0 saturated carbocycles. The molecule has 0 aromatic carbocycles. The molecular formula is C30H45F3N6. The number of imidazole rings is 3. The molecule has 0 bridgehead atoms. The van der Waals surface area contributed by atoms with Crippen molar-refractivity contribution in [3.05, 3.63) is 53.6 Å². The van der Waals surface area contributed by atoms with Crippen LogP contribution >= 0.6 is 0 Å². The number of fused-ring (bicyclic) bond motifs is 3. The largest absolute Gasteiger partial charge is 0.434 e. The van der Waals surface area contributed by atoms with Crippen molar-refractivity contribution in [3.8, 4) is 0 Å². The highest BCUT2D eigenvalue weighted by atomic mass is 19.4. The van der Waals surface area contributed by atoms with Crippen molar-refractivity contribution < 1.29 is 13.2 Å². The van der Waals surface area contributed by atoms with Gasteiger partial charge < -0.3 is 13.7 Å². The lowest BCUT2D eigenvalue weighted by atomic mass is 9.87. The molecule has 9 heteroatoms. The molecule has 3 aliphatic heterocycles. The second kappa shape index (κ2) is 12.7. The molecule has 0 radical (unpaired) electrons. The maximum atomic E-state index is 12.5. The van der Waals surface area contributed by atoms with Gasteiger partial charge in [-0.3, -0.25) is 0 Å². The summed E-state index contributed by atoms with van der Waals surface area (Å²) >= 11 is 0. The number of halogens is 3. The molecule has 0 fully saturated rings. The Morgan fingerprint density at radius 1 is 0.821 bits per heavy atom. The molecule has 6 heterocycles. The monoisotopic (exact) mass is 546 g/mol. The van der Waals surface area contributed by atoms with Gasteiger partial charge in [0, 0.05) is 63.7 Å². The van der Waals surface area contributed by atoms with Gasteiger partial charge in [0.2, 0.25) is 0 Å². The molecule has 6 nitrogen and oxygen atoms in total. The molecular weight excluding hydrogens is 501 g/mol. The van der Waals surface area contributed by atoms with E-state index in [-0.39, 0.29) is 0 Å². The number of alkyl halides is 3. The summed E-state index contributed by atoms with van der Waals surface area (Å²) in [6.07, 6.45) is 12.2. The summed E-state index contributed by atoms with van der Waals surface area (Å²) in [5.74, 6) is 5.87. The highest BCUT2D eigenvalue weighted by Gasteiger charge is 2.36. The van der Waals surface area contributed by atoms with Crippen molar-refractivity contribution >= 4 is 0 Å². The van der Waals surface area contributed by atoms with Gasteiger partial charge in [0.05, 0.1) is 5.69 Å². The molecule has 39 heavy (non-hydrogen) atoms. The summed E-state index contributed by atoms with van der Waals surface area (Å²) in [7, 11) is 0. The van der Waals surface area contributed by atoms with Gasteiger partial charge in [0.1, 0.15) is 17.5 Å². The quantitative estimate of drug-likeness (QED) is 0.351. The topological polar surface area (TPSA) is 53.5 Å². The molecule has 0 aliphatic carbocycles. The van der Waals surface area contributed by atoms with Crippen LogP contribution in [0.1, 0.15) is 88.7 Å². The SMILES string of the molecule is CC(C)C1CCn2cc(C(F)(F)F)nc2C1.CCC1CCn2cc(C)nc2C1.CCC1CCn2ccnc2C1. The number of rotatable bonds is 3. The minimum absolute atomic E-state index is 0.455. The molecule has 0 N–H and O–H groups in total. The molecule has 3 atom stereocenters. The highest BCUT2D eigenvalue weighted by Crippen LogP contribution is 2.32. The van der Waals surface area contributed by atoms with Crippen LogP contribution < -0.4 is 0 Å². The van der Waals surface area contributed by atoms with Crippen LogP contribution in [-0.4, -0.2) is 28.7 Å². The first-order valence-electron chi connectivity index (χ1n) is 14.7. The van der Waals surface area contributed by atoms with Crippen LogP contribution in [0.2, 0.25) is 0 Å². The Kier molecular flexibility index (Phi) is 9.60. The van der Waals surface area contributed by atoms with Crippen LogP contribution in [-0.2, 0) is 45.1 Å². The molecule has 0 saturated heterocycles. The van der Waals surface area contributed by atoms with E-state index in [2.05, 4.69) is 71.1 Å². The molecule has 3 aromatic heterocycles.